The number of nitrogens with zero attached hydrogens (tertiary/aromatic N) is 2. The lowest BCUT2D eigenvalue weighted by atomic mass is 10.0. The van der Waals surface area contributed by atoms with Gasteiger partial charge < -0.3 is 42.9 Å². The van der Waals surface area contributed by atoms with Crippen molar-refractivity contribution in [3.63, 3.8) is 0 Å². The number of hydrogen-bond donors (Lipinski definition) is 0. The van der Waals surface area contributed by atoms with Crippen LogP contribution >= 0.6 is 0 Å². The first-order valence-corrected chi connectivity index (χ1v) is 29.3. The molecule has 0 spiro atoms. The topological polar surface area (TPSA) is 0 Å². The highest BCUT2D eigenvalue weighted by atomic mass is 79.9. The van der Waals surface area contributed by atoms with Gasteiger partial charge in [0.05, 0.1) is 52.4 Å². The molecule has 0 N–H and O–H groups in total. The fourth-order valence-electron chi connectivity index (χ4n) is 10.7. The summed E-state index contributed by atoms with van der Waals surface area (Å²) in [6, 6.07) is 0. The van der Waals surface area contributed by atoms with Crippen molar-refractivity contribution in [1.82, 2.24) is 0 Å². The molecule has 0 radical (unpaired) electrons. The Bertz CT molecular complexity index is 644. The number of rotatable bonds is 53. The van der Waals surface area contributed by atoms with Gasteiger partial charge in [-0.15, -0.1) is 0 Å². The highest BCUT2D eigenvalue weighted by molar-refractivity contribution is 4.58. The Morgan fingerprint density at radius 3 is 0.355 bits per heavy atom. The van der Waals surface area contributed by atoms with E-state index in [1.54, 1.807) is 0 Å². The van der Waals surface area contributed by atoms with Crippen molar-refractivity contribution in [3.8, 4) is 0 Å². The Morgan fingerprint density at radius 2 is 0.242 bits per heavy atom. The Morgan fingerprint density at radius 1 is 0.145 bits per heavy atom. The van der Waals surface area contributed by atoms with E-state index < -0.39 is 0 Å². The molecule has 378 valence electrons. The van der Waals surface area contributed by atoms with E-state index in [1.165, 1.54) is 344 Å². The predicted octanol–water partition coefficient (Wildman–Crippen LogP) is 13.9. The van der Waals surface area contributed by atoms with Crippen LogP contribution in [0.4, 0.5) is 0 Å². The van der Waals surface area contributed by atoms with Crippen LogP contribution in [-0.2, 0) is 0 Å². The molecule has 0 fully saturated rings. The molecule has 0 amide bonds. The summed E-state index contributed by atoms with van der Waals surface area (Å²) in [5.41, 5.74) is 0. The Labute approximate surface area is 417 Å². The first-order chi connectivity index (χ1) is 29.6. The summed E-state index contributed by atoms with van der Waals surface area (Å²) in [5.74, 6) is 0. The molecule has 0 unspecified atom stereocenters. The van der Waals surface area contributed by atoms with Crippen molar-refractivity contribution < 1.29 is 42.9 Å². The van der Waals surface area contributed by atoms with E-state index in [-0.39, 0.29) is 34.0 Å². The maximum atomic E-state index is 2.36. The number of quaternary nitrogens is 2. The summed E-state index contributed by atoms with van der Waals surface area (Å²) in [4.78, 5) is 0. The highest BCUT2D eigenvalue weighted by Gasteiger charge is 2.27. The summed E-state index contributed by atoms with van der Waals surface area (Å²) in [6.45, 7) is 26.0. The second-order valence-electron chi connectivity index (χ2n) is 20.9. The summed E-state index contributed by atoms with van der Waals surface area (Å²) in [6.07, 6.45) is 64.0. The molecule has 4 heteroatoms. The van der Waals surface area contributed by atoms with Crippen molar-refractivity contribution in [2.24, 2.45) is 0 Å². The van der Waals surface area contributed by atoms with Gasteiger partial charge in [-0.1, -0.05) is 221 Å². The van der Waals surface area contributed by atoms with E-state index in [4.69, 9.17) is 0 Å². The molecule has 0 rings (SSSR count). The van der Waals surface area contributed by atoms with Gasteiger partial charge in [0.15, 0.2) is 0 Å². The minimum absolute atomic E-state index is 0. The fraction of sp³-hybridized carbons (Fsp3) is 1.00. The van der Waals surface area contributed by atoms with Gasteiger partial charge in [-0.25, -0.2) is 0 Å². The third-order valence-corrected chi connectivity index (χ3v) is 14.9. The lowest BCUT2D eigenvalue weighted by molar-refractivity contribution is -0.929. The van der Waals surface area contributed by atoms with Crippen molar-refractivity contribution in [3.05, 3.63) is 0 Å². The summed E-state index contributed by atoms with van der Waals surface area (Å²) >= 11 is 0. The van der Waals surface area contributed by atoms with Gasteiger partial charge in [0, 0.05) is 0 Å². The maximum absolute atomic E-state index is 2.36. The average molecular weight is 1010 g/mol. The number of hydrogen-bond acceptors (Lipinski definition) is 0. The summed E-state index contributed by atoms with van der Waals surface area (Å²) in [7, 11) is 0. The molecule has 0 aromatic rings. The van der Waals surface area contributed by atoms with Gasteiger partial charge >= 0.3 is 0 Å². The summed E-state index contributed by atoms with van der Waals surface area (Å²) < 4.78 is 2.96. The molecular weight excluding hydrogens is 884 g/mol. The Hall–Kier alpha value is 0.880. The second kappa shape index (κ2) is 54.5. The van der Waals surface area contributed by atoms with Gasteiger partial charge in [0.1, 0.15) is 0 Å². The van der Waals surface area contributed by atoms with Gasteiger partial charge in [-0.2, -0.15) is 0 Å². The molecule has 0 atom stereocenters. The SMILES string of the molecule is CCCCCCCC[N+](CCCCCCCC)(CCCCCCCC)CCCCCCCCCC[N+](CCCCCCCC)(CCCCCCCC)CCCCCCCC.[Br-].[Br-]. The molecule has 0 saturated carbocycles. The average Bonchev–Trinajstić information content (AvgIpc) is 3.26. The van der Waals surface area contributed by atoms with E-state index in [0.29, 0.717) is 0 Å². The fourth-order valence-corrected chi connectivity index (χ4v) is 10.7. The zero-order chi connectivity index (χ0) is 43.8. The zero-order valence-electron chi connectivity index (χ0n) is 44.4. The third-order valence-electron chi connectivity index (χ3n) is 14.9. The summed E-state index contributed by atoms with van der Waals surface area (Å²) in [5, 5.41) is 0. The first kappa shape index (κ1) is 67.2. The van der Waals surface area contributed by atoms with E-state index in [0.717, 1.165) is 0 Å². The molecule has 0 aromatic heterocycles. The van der Waals surface area contributed by atoms with Crippen molar-refractivity contribution in [2.75, 3.05) is 52.4 Å². The first-order valence-electron chi connectivity index (χ1n) is 29.3. The normalized spacial score (nSPS) is 11.9. The van der Waals surface area contributed by atoms with Crippen LogP contribution in [-0.4, -0.2) is 61.3 Å². The lowest BCUT2D eigenvalue weighted by Crippen LogP contribution is -3.00. The number of halogens is 2. The van der Waals surface area contributed by atoms with E-state index in [1.807, 2.05) is 0 Å². The molecular formula is C58H122Br2N2. The van der Waals surface area contributed by atoms with E-state index in [2.05, 4.69) is 41.5 Å². The molecule has 0 heterocycles. The Balaban J connectivity index is -0.0000174. The van der Waals surface area contributed by atoms with Crippen LogP contribution in [0.15, 0.2) is 0 Å². The lowest BCUT2D eigenvalue weighted by Gasteiger charge is -2.40. The smallest absolute Gasteiger partial charge is 0.0786 e. The van der Waals surface area contributed by atoms with Crippen molar-refractivity contribution in [1.29, 1.82) is 0 Å². The maximum Gasteiger partial charge on any atom is 0.0786 e. The van der Waals surface area contributed by atoms with Crippen LogP contribution in [0.2, 0.25) is 0 Å². The van der Waals surface area contributed by atoms with Crippen molar-refractivity contribution in [2.45, 2.75) is 324 Å². The van der Waals surface area contributed by atoms with Crippen molar-refractivity contribution >= 4 is 0 Å². The standard InChI is InChI=1S/C58H122N2.2BrH/c1-7-13-19-25-35-43-51-59(52-44-36-26-20-14-8-2,53-45-37-27-21-15-9-3)57-49-41-33-31-32-34-42-50-58-60(54-46-38-28-22-16-10-4,55-47-39-29-23-17-11-5)56-48-40-30-24-18-12-6;;/h7-58H2,1-6H3;2*1H/q+2;;/p-2. The number of unbranched alkanes of at least 4 members (excludes halogenated alkanes) is 37. The zero-order valence-corrected chi connectivity index (χ0v) is 47.6. The monoisotopic (exact) mass is 1000 g/mol. The van der Waals surface area contributed by atoms with E-state index in [9.17, 15) is 0 Å². The van der Waals surface area contributed by atoms with Crippen LogP contribution < -0.4 is 34.0 Å². The highest BCUT2D eigenvalue weighted by Crippen LogP contribution is 2.23. The quantitative estimate of drug-likeness (QED) is 0.0421. The minimum Gasteiger partial charge on any atom is -1.00 e. The molecule has 62 heavy (non-hydrogen) atoms. The molecule has 0 aliphatic rings. The van der Waals surface area contributed by atoms with Crippen LogP contribution in [0, 0.1) is 0 Å². The Kier molecular flexibility index (Phi) is 59.0. The molecule has 2 nitrogen and oxygen atoms in total. The van der Waals surface area contributed by atoms with Gasteiger partial charge in [-0.3, -0.25) is 0 Å². The van der Waals surface area contributed by atoms with Crippen LogP contribution in [0.25, 0.3) is 0 Å². The molecule has 0 aliphatic carbocycles. The van der Waals surface area contributed by atoms with Gasteiger partial charge in [0.25, 0.3) is 0 Å². The minimum atomic E-state index is 0. The largest absolute Gasteiger partial charge is 1.00 e. The van der Waals surface area contributed by atoms with E-state index >= 15 is 0 Å². The molecule has 0 bridgehead atoms. The molecule has 0 aromatic carbocycles. The molecule has 0 saturated heterocycles. The molecule has 0 aliphatic heterocycles. The van der Waals surface area contributed by atoms with Crippen LogP contribution in [0.5, 0.6) is 0 Å². The van der Waals surface area contributed by atoms with Gasteiger partial charge in [0.2, 0.25) is 0 Å². The second-order valence-corrected chi connectivity index (χ2v) is 20.9. The van der Waals surface area contributed by atoms with Crippen LogP contribution in [0.1, 0.15) is 324 Å². The van der Waals surface area contributed by atoms with Gasteiger partial charge in [-0.05, 0) is 103 Å². The van der Waals surface area contributed by atoms with Crippen LogP contribution in [0.3, 0.4) is 0 Å². The third kappa shape index (κ3) is 44.7. The predicted molar refractivity (Wildman–Crippen MR) is 277 cm³/mol.